The first kappa shape index (κ1) is 17.9. The van der Waals surface area contributed by atoms with Crippen LogP contribution in [0.3, 0.4) is 0 Å². The second-order valence-electron chi connectivity index (χ2n) is 5.87. The lowest BCUT2D eigenvalue weighted by molar-refractivity contribution is -0.122. The Labute approximate surface area is 156 Å². The van der Waals surface area contributed by atoms with Gasteiger partial charge in [0.05, 0.1) is 4.91 Å². The van der Waals surface area contributed by atoms with E-state index in [1.165, 1.54) is 0 Å². The minimum atomic E-state index is -0.326. The molecule has 1 aliphatic rings. The number of hydrogen-bond donors (Lipinski definition) is 1. The van der Waals surface area contributed by atoms with Crippen LogP contribution in [0.4, 0.5) is 4.79 Å². The normalized spacial score (nSPS) is 15.6. The Hall–Kier alpha value is -2.86. The highest BCUT2D eigenvalue weighted by Gasteiger charge is 2.34. The van der Waals surface area contributed by atoms with Crippen LogP contribution in [0.5, 0.6) is 0 Å². The quantitative estimate of drug-likeness (QED) is 0.823. The molecule has 6 heteroatoms. The highest BCUT2D eigenvalue weighted by molar-refractivity contribution is 8.18. The maximum Gasteiger partial charge on any atom is 0.293 e. The Kier molecular flexibility index (Phi) is 5.53. The van der Waals surface area contributed by atoms with Crippen LogP contribution in [0.1, 0.15) is 21.5 Å². The Bertz CT molecular complexity index is 860. The number of rotatable bonds is 5. The number of amides is 3. The van der Waals surface area contributed by atoms with Crippen LogP contribution >= 0.6 is 11.8 Å². The number of benzene rings is 2. The molecule has 0 atom stereocenters. The standard InChI is InChI=1S/C20H18N2O3S/c1-14-7-9-16(10-8-14)18(23)21-11-12-22-19(24)17(26-20(22)25)13-15-5-3-2-4-6-15/h2-10,13H,11-12H2,1H3,(H,21,23)/b17-13-. The number of aryl methyl sites for hydroxylation is 1. The molecule has 0 bridgehead atoms. The van der Waals surface area contributed by atoms with Gasteiger partial charge in [-0.1, -0.05) is 48.0 Å². The van der Waals surface area contributed by atoms with Gasteiger partial charge in [0.2, 0.25) is 0 Å². The SMILES string of the molecule is Cc1ccc(C(=O)NCCN2C(=O)S/C(=C\c3ccccc3)C2=O)cc1. The Balaban J connectivity index is 1.57. The van der Waals surface area contributed by atoms with Crippen molar-refractivity contribution in [1.29, 1.82) is 0 Å². The molecule has 1 heterocycles. The average Bonchev–Trinajstić information content (AvgIpc) is 2.90. The molecular weight excluding hydrogens is 348 g/mol. The van der Waals surface area contributed by atoms with Crippen LogP contribution in [-0.2, 0) is 4.79 Å². The molecule has 2 aromatic rings. The Morgan fingerprint density at radius 3 is 2.46 bits per heavy atom. The van der Waals surface area contributed by atoms with E-state index in [1.54, 1.807) is 18.2 Å². The molecule has 0 aliphatic carbocycles. The van der Waals surface area contributed by atoms with Crippen LogP contribution in [0.2, 0.25) is 0 Å². The molecular formula is C20H18N2O3S. The second-order valence-corrected chi connectivity index (χ2v) is 6.86. The van der Waals surface area contributed by atoms with Crippen molar-refractivity contribution in [3.63, 3.8) is 0 Å². The molecule has 26 heavy (non-hydrogen) atoms. The van der Waals surface area contributed by atoms with E-state index < -0.39 is 0 Å². The molecule has 0 saturated carbocycles. The molecule has 2 aromatic carbocycles. The fourth-order valence-electron chi connectivity index (χ4n) is 2.48. The van der Waals surface area contributed by atoms with Gasteiger partial charge < -0.3 is 5.32 Å². The van der Waals surface area contributed by atoms with Gasteiger partial charge in [-0.2, -0.15) is 0 Å². The van der Waals surface area contributed by atoms with Gasteiger partial charge in [0.25, 0.3) is 17.1 Å². The summed E-state index contributed by atoms with van der Waals surface area (Å²) < 4.78 is 0. The Morgan fingerprint density at radius 1 is 1.08 bits per heavy atom. The summed E-state index contributed by atoms with van der Waals surface area (Å²) in [4.78, 5) is 38.1. The van der Waals surface area contributed by atoms with Crippen LogP contribution in [0, 0.1) is 6.92 Å². The summed E-state index contributed by atoms with van der Waals surface area (Å²) in [6.07, 6.45) is 1.70. The van der Waals surface area contributed by atoms with Crippen molar-refractivity contribution in [1.82, 2.24) is 10.2 Å². The van der Waals surface area contributed by atoms with E-state index in [0.717, 1.165) is 27.8 Å². The summed E-state index contributed by atoms with van der Waals surface area (Å²) in [5.41, 5.74) is 2.49. The first-order valence-electron chi connectivity index (χ1n) is 8.20. The molecule has 1 saturated heterocycles. The van der Waals surface area contributed by atoms with Crippen LogP contribution in [-0.4, -0.2) is 35.0 Å². The van der Waals surface area contributed by atoms with Crippen LogP contribution < -0.4 is 5.32 Å². The predicted molar refractivity (Wildman–Crippen MR) is 103 cm³/mol. The fourth-order valence-corrected chi connectivity index (χ4v) is 3.35. The van der Waals surface area contributed by atoms with Crippen molar-refractivity contribution in [2.24, 2.45) is 0 Å². The van der Waals surface area contributed by atoms with E-state index >= 15 is 0 Å². The van der Waals surface area contributed by atoms with Gasteiger partial charge in [-0.3, -0.25) is 19.3 Å². The monoisotopic (exact) mass is 366 g/mol. The molecule has 132 valence electrons. The van der Waals surface area contributed by atoms with E-state index in [2.05, 4.69) is 5.32 Å². The summed E-state index contributed by atoms with van der Waals surface area (Å²) in [5, 5.41) is 2.42. The zero-order chi connectivity index (χ0) is 18.5. The first-order valence-corrected chi connectivity index (χ1v) is 9.01. The van der Waals surface area contributed by atoms with Crippen molar-refractivity contribution in [3.05, 3.63) is 76.2 Å². The fraction of sp³-hybridized carbons (Fsp3) is 0.150. The summed E-state index contributed by atoms with van der Waals surface area (Å²) in [6, 6.07) is 16.6. The van der Waals surface area contributed by atoms with Crippen LogP contribution in [0.15, 0.2) is 59.5 Å². The molecule has 0 aromatic heterocycles. The van der Waals surface area contributed by atoms with E-state index in [1.807, 2.05) is 49.4 Å². The lowest BCUT2D eigenvalue weighted by Crippen LogP contribution is -2.37. The summed E-state index contributed by atoms with van der Waals surface area (Å²) in [7, 11) is 0. The molecule has 1 aliphatic heterocycles. The molecule has 0 radical (unpaired) electrons. The highest BCUT2D eigenvalue weighted by Crippen LogP contribution is 2.31. The van der Waals surface area contributed by atoms with Gasteiger partial charge in [0.1, 0.15) is 0 Å². The molecule has 3 rings (SSSR count). The van der Waals surface area contributed by atoms with E-state index in [4.69, 9.17) is 0 Å². The van der Waals surface area contributed by atoms with Crippen molar-refractivity contribution in [3.8, 4) is 0 Å². The molecule has 3 amide bonds. The number of nitrogens with zero attached hydrogens (tertiary/aromatic N) is 1. The summed E-state index contributed by atoms with van der Waals surface area (Å²) >= 11 is 0.919. The van der Waals surface area contributed by atoms with E-state index in [0.29, 0.717) is 10.5 Å². The third kappa shape index (κ3) is 4.21. The summed E-state index contributed by atoms with van der Waals surface area (Å²) in [5.74, 6) is -0.551. The minimum absolute atomic E-state index is 0.147. The lowest BCUT2D eigenvalue weighted by atomic mass is 10.1. The number of imide groups is 1. The van der Waals surface area contributed by atoms with Crippen LogP contribution in [0.25, 0.3) is 6.08 Å². The molecule has 0 spiro atoms. The van der Waals surface area contributed by atoms with Crippen molar-refractivity contribution >= 4 is 34.9 Å². The zero-order valence-corrected chi connectivity index (χ0v) is 15.1. The smallest absolute Gasteiger partial charge is 0.293 e. The second kappa shape index (κ2) is 8.01. The third-order valence-corrected chi connectivity index (χ3v) is 4.81. The van der Waals surface area contributed by atoms with Gasteiger partial charge >= 0.3 is 0 Å². The Morgan fingerprint density at radius 2 is 1.77 bits per heavy atom. The molecule has 1 fully saturated rings. The molecule has 1 N–H and O–H groups in total. The topological polar surface area (TPSA) is 66.5 Å². The van der Waals surface area contributed by atoms with Crippen molar-refractivity contribution in [2.45, 2.75) is 6.92 Å². The van der Waals surface area contributed by atoms with Gasteiger partial charge in [-0.25, -0.2) is 0 Å². The highest BCUT2D eigenvalue weighted by atomic mass is 32.2. The number of thioether (sulfide) groups is 1. The van der Waals surface area contributed by atoms with Gasteiger partial charge in [-0.05, 0) is 42.5 Å². The average molecular weight is 366 g/mol. The van der Waals surface area contributed by atoms with Gasteiger partial charge in [0.15, 0.2) is 0 Å². The zero-order valence-electron chi connectivity index (χ0n) is 14.3. The van der Waals surface area contributed by atoms with Gasteiger partial charge in [0, 0.05) is 18.7 Å². The van der Waals surface area contributed by atoms with Crippen molar-refractivity contribution < 1.29 is 14.4 Å². The van der Waals surface area contributed by atoms with Crippen molar-refractivity contribution in [2.75, 3.05) is 13.1 Å². The number of carbonyl (C=O) groups excluding carboxylic acids is 3. The maximum atomic E-state index is 12.4. The summed E-state index contributed by atoms with van der Waals surface area (Å²) in [6.45, 7) is 2.31. The van der Waals surface area contributed by atoms with E-state index in [-0.39, 0.29) is 30.1 Å². The molecule has 5 nitrogen and oxygen atoms in total. The number of carbonyl (C=O) groups is 3. The first-order chi connectivity index (χ1) is 12.5. The molecule has 0 unspecified atom stereocenters. The van der Waals surface area contributed by atoms with Gasteiger partial charge in [-0.15, -0.1) is 0 Å². The largest absolute Gasteiger partial charge is 0.350 e. The maximum absolute atomic E-state index is 12.4. The lowest BCUT2D eigenvalue weighted by Gasteiger charge is -2.13. The number of hydrogen-bond acceptors (Lipinski definition) is 4. The predicted octanol–water partition coefficient (Wildman–Crippen LogP) is 3.46. The third-order valence-electron chi connectivity index (χ3n) is 3.91. The number of nitrogens with one attached hydrogen (secondary N) is 1. The van der Waals surface area contributed by atoms with E-state index in [9.17, 15) is 14.4 Å². The minimum Gasteiger partial charge on any atom is -0.350 e.